The average Bonchev–Trinajstić information content (AvgIpc) is 3.07. The van der Waals surface area contributed by atoms with Gasteiger partial charge in [0.15, 0.2) is 5.76 Å². The fourth-order valence-electron chi connectivity index (χ4n) is 1.96. The highest BCUT2D eigenvalue weighted by Gasteiger charge is 2.20. The fraction of sp³-hybridized carbons (Fsp3) is 0.267. The lowest BCUT2D eigenvalue weighted by Gasteiger charge is -2.16. The molecule has 0 aliphatic carbocycles. The third kappa shape index (κ3) is 4.19. The zero-order valence-electron chi connectivity index (χ0n) is 12.8. The lowest BCUT2D eigenvalue weighted by molar-refractivity contribution is 0.0803. The van der Waals surface area contributed by atoms with E-state index in [1.54, 1.807) is 7.11 Å². The smallest absolute Gasteiger partial charge is 0.287 e. The molecule has 2 rings (SSSR count). The number of carbonyl (C=O) groups excluding carboxylic acids is 1. The van der Waals surface area contributed by atoms with Crippen LogP contribution in [-0.2, 0) is 14.8 Å². The van der Waals surface area contributed by atoms with Crippen LogP contribution in [-0.4, -0.2) is 35.0 Å². The van der Waals surface area contributed by atoms with Crippen molar-refractivity contribution in [2.75, 3.05) is 20.7 Å². The van der Waals surface area contributed by atoms with Gasteiger partial charge in [0.25, 0.3) is 15.9 Å². The SMILES string of the molecule is CNS(=O)(=O)c1ccc(C(=O)NC[C@H](OC)c2ccccc2)o1. The van der Waals surface area contributed by atoms with Gasteiger partial charge in [-0.05, 0) is 24.7 Å². The first kappa shape index (κ1) is 17.2. The van der Waals surface area contributed by atoms with Crippen molar-refractivity contribution in [2.24, 2.45) is 0 Å². The maximum absolute atomic E-state index is 12.0. The molecule has 0 aliphatic heterocycles. The summed E-state index contributed by atoms with van der Waals surface area (Å²) in [5, 5.41) is 2.35. The molecule has 2 N–H and O–H groups in total. The number of hydrogen-bond donors (Lipinski definition) is 2. The second-order valence-corrected chi connectivity index (χ2v) is 6.49. The van der Waals surface area contributed by atoms with E-state index in [4.69, 9.17) is 9.15 Å². The van der Waals surface area contributed by atoms with Gasteiger partial charge in [0.1, 0.15) is 0 Å². The summed E-state index contributed by atoms with van der Waals surface area (Å²) in [5.41, 5.74) is 0.924. The van der Waals surface area contributed by atoms with Gasteiger partial charge >= 0.3 is 0 Å². The summed E-state index contributed by atoms with van der Waals surface area (Å²) >= 11 is 0. The van der Waals surface area contributed by atoms with Crippen LogP contribution < -0.4 is 10.0 Å². The molecule has 124 valence electrons. The highest BCUT2D eigenvalue weighted by Crippen LogP contribution is 2.16. The van der Waals surface area contributed by atoms with E-state index in [2.05, 4.69) is 10.0 Å². The van der Waals surface area contributed by atoms with E-state index >= 15 is 0 Å². The summed E-state index contributed by atoms with van der Waals surface area (Å²) in [6.45, 7) is 0.230. The average molecular weight is 338 g/mol. The third-order valence-electron chi connectivity index (χ3n) is 3.24. The van der Waals surface area contributed by atoms with Crippen LogP contribution in [0.15, 0.2) is 52.0 Å². The molecule has 1 atom stereocenters. The lowest BCUT2D eigenvalue weighted by atomic mass is 10.1. The number of ether oxygens (including phenoxy) is 1. The number of nitrogens with one attached hydrogen (secondary N) is 2. The van der Waals surface area contributed by atoms with Crippen LogP contribution in [0, 0.1) is 0 Å². The quantitative estimate of drug-likeness (QED) is 0.793. The first-order valence-corrected chi connectivity index (χ1v) is 8.35. The van der Waals surface area contributed by atoms with Crippen LogP contribution >= 0.6 is 0 Å². The Balaban J connectivity index is 2.02. The van der Waals surface area contributed by atoms with Gasteiger partial charge in [0, 0.05) is 13.7 Å². The highest BCUT2D eigenvalue weighted by molar-refractivity contribution is 7.89. The van der Waals surface area contributed by atoms with Crippen LogP contribution in [0.4, 0.5) is 0 Å². The Morgan fingerprint density at radius 1 is 1.22 bits per heavy atom. The molecule has 0 unspecified atom stereocenters. The van der Waals surface area contributed by atoms with E-state index in [1.807, 2.05) is 30.3 Å². The summed E-state index contributed by atoms with van der Waals surface area (Å²) in [6, 6.07) is 12.0. The number of methoxy groups -OCH3 is 1. The maximum Gasteiger partial charge on any atom is 0.287 e. The second kappa shape index (κ2) is 7.40. The van der Waals surface area contributed by atoms with Crippen molar-refractivity contribution in [1.29, 1.82) is 0 Å². The Hall–Kier alpha value is -2.16. The topological polar surface area (TPSA) is 97.6 Å². The maximum atomic E-state index is 12.0. The van der Waals surface area contributed by atoms with Crippen molar-refractivity contribution in [1.82, 2.24) is 10.0 Å². The summed E-state index contributed by atoms with van der Waals surface area (Å²) < 4.78 is 35.7. The first-order chi connectivity index (χ1) is 11.0. The molecule has 1 aromatic carbocycles. The summed E-state index contributed by atoms with van der Waals surface area (Å²) in [6.07, 6.45) is -0.310. The molecule has 1 aromatic heterocycles. The molecule has 1 amide bonds. The lowest BCUT2D eigenvalue weighted by Crippen LogP contribution is -2.28. The molecule has 0 saturated heterocycles. The normalized spacial score (nSPS) is 12.8. The standard InChI is InChI=1S/C15H18N2O5S/c1-16-23(19,20)14-9-8-12(22-14)15(18)17-10-13(21-2)11-6-4-3-5-7-11/h3-9,13,16H,10H2,1-2H3,(H,17,18)/t13-/m0/s1. The molecule has 23 heavy (non-hydrogen) atoms. The fourth-order valence-corrected chi connectivity index (χ4v) is 2.61. The molecule has 2 aromatic rings. The molecule has 0 saturated carbocycles. The van der Waals surface area contributed by atoms with Crippen molar-refractivity contribution in [3.8, 4) is 0 Å². The summed E-state index contributed by atoms with van der Waals surface area (Å²) in [5.74, 6) is -0.595. The van der Waals surface area contributed by atoms with Gasteiger partial charge in [-0.15, -0.1) is 0 Å². The van der Waals surface area contributed by atoms with Crippen LogP contribution in [0.25, 0.3) is 0 Å². The summed E-state index contributed by atoms with van der Waals surface area (Å²) in [4.78, 5) is 12.0. The van der Waals surface area contributed by atoms with Crippen molar-refractivity contribution in [2.45, 2.75) is 11.2 Å². The molecule has 1 heterocycles. The molecular formula is C15H18N2O5S. The van der Waals surface area contributed by atoms with E-state index in [0.29, 0.717) is 0 Å². The van der Waals surface area contributed by atoms with Gasteiger partial charge in [-0.1, -0.05) is 30.3 Å². The zero-order valence-corrected chi connectivity index (χ0v) is 13.6. The molecule has 0 radical (unpaired) electrons. The molecule has 0 bridgehead atoms. The highest BCUT2D eigenvalue weighted by atomic mass is 32.2. The minimum absolute atomic E-state index is 0.0817. The molecule has 7 nitrogen and oxygen atoms in total. The number of hydrogen-bond acceptors (Lipinski definition) is 5. The van der Waals surface area contributed by atoms with Crippen LogP contribution in [0.5, 0.6) is 0 Å². The molecule has 8 heteroatoms. The number of amides is 1. The van der Waals surface area contributed by atoms with Crippen molar-refractivity contribution >= 4 is 15.9 Å². The van der Waals surface area contributed by atoms with Gasteiger partial charge in [0.05, 0.1) is 6.10 Å². The summed E-state index contributed by atoms with van der Waals surface area (Å²) in [7, 11) is -0.897. The van der Waals surface area contributed by atoms with Crippen molar-refractivity contribution in [3.63, 3.8) is 0 Å². The molecule has 0 fully saturated rings. The van der Waals surface area contributed by atoms with Crippen molar-refractivity contribution < 1.29 is 22.4 Å². The number of carbonyl (C=O) groups is 1. The van der Waals surface area contributed by atoms with E-state index < -0.39 is 15.9 Å². The van der Waals surface area contributed by atoms with Gasteiger partial charge < -0.3 is 14.5 Å². The Labute approximate surface area is 134 Å². The van der Waals surface area contributed by atoms with Gasteiger partial charge in [0.2, 0.25) is 5.09 Å². The van der Waals surface area contributed by atoms with E-state index in [1.165, 1.54) is 19.2 Å². The van der Waals surface area contributed by atoms with Gasteiger partial charge in [-0.2, -0.15) is 0 Å². The Morgan fingerprint density at radius 3 is 2.52 bits per heavy atom. The molecule has 0 aliphatic rings. The zero-order chi connectivity index (χ0) is 16.9. The van der Waals surface area contributed by atoms with Crippen LogP contribution in [0.3, 0.4) is 0 Å². The van der Waals surface area contributed by atoms with Crippen molar-refractivity contribution in [3.05, 3.63) is 53.8 Å². The van der Waals surface area contributed by atoms with Crippen LogP contribution in [0.2, 0.25) is 0 Å². The minimum atomic E-state index is -3.71. The monoisotopic (exact) mass is 338 g/mol. The number of benzene rings is 1. The minimum Gasteiger partial charge on any atom is -0.438 e. The second-order valence-electron chi connectivity index (χ2n) is 4.67. The Morgan fingerprint density at radius 2 is 1.91 bits per heavy atom. The van der Waals surface area contributed by atoms with Gasteiger partial charge in [-0.25, -0.2) is 13.1 Å². The molecular weight excluding hydrogens is 320 g/mol. The Bertz CT molecular complexity index is 755. The third-order valence-corrected chi connectivity index (χ3v) is 4.53. The number of sulfonamides is 1. The van der Waals surface area contributed by atoms with Gasteiger partial charge in [-0.3, -0.25) is 4.79 Å². The van der Waals surface area contributed by atoms with Crippen LogP contribution in [0.1, 0.15) is 22.2 Å². The first-order valence-electron chi connectivity index (χ1n) is 6.87. The van der Waals surface area contributed by atoms with E-state index in [0.717, 1.165) is 5.56 Å². The number of furan rings is 1. The largest absolute Gasteiger partial charge is 0.438 e. The van der Waals surface area contributed by atoms with E-state index in [9.17, 15) is 13.2 Å². The predicted molar refractivity (Wildman–Crippen MR) is 83.5 cm³/mol. The molecule has 0 spiro atoms. The van der Waals surface area contributed by atoms with E-state index in [-0.39, 0.29) is 23.5 Å². The Kier molecular flexibility index (Phi) is 5.54. The predicted octanol–water partition coefficient (Wildman–Crippen LogP) is 1.31. The number of rotatable bonds is 7.